The van der Waals surface area contributed by atoms with Gasteiger partial charge in [0.05, 0.1) is 85.8 Å². The largest absolute Gasteiger partial charge is 0.459 e. The predicted molar refractivity (Wildman–Crippen MR) is 195 cm³/mol. The van der Waals surface area contributed by atoms with Crippen molar-refractivity contribution in [3.8, 4) is 0 Å². The minimum Gasteiger partial charge on any atom is -0.459 e. The Morgan fingerprint density at radius 1 is 0.691 bits per heavy atom. The number of rotatable bonds is 2. The highest BCUT2D eigenvalue weighted by Crippen LogP contribution is 2.48. The quantitative estimate of drug-likeness (QED) is 0.276. The van der Waals surface area contributed by atoms with E-state index in [1.165, 1.54) is 0 Å². The molecule has 0 aromatic heterocycles. The molecule has 9 heterocycles. The van der Waals surface area contributed by atoms with Crippen LogP contribution in [0.2, 0.25) is 0 Å². The second kappa shape index (κ2) is 15.6. The smallest absolute Gasteiger partial charge is 0.308 e. The van der Waals surface area contributed by atoms with E-state index in [0.717, 1.165) is 36.8 Å². The van der Waals surface area contributed by atoms with E-state index in [1.807, 2.05) is 6.92 Å². The van der Waals surface area contributed by atoms with Crippen LogP contribution in [0.1, 0.15) is 104 Å². The van der Waals surface area contributed by atoms with Gasteiger partial charge in [0.25, 0.3) is 0 Å². The van der Waals surface area contributed by atoms with E-state index in [4.69, 9.17) is 42.6 Å². The summed E-state index contributed by atoms with van der Waals surface area (Å²) >= 11 is 0. The van der Waals surface area contributed by atoms with Gasteiger partial charge in [0.15, 0.2) is 5.79 Å². The van der Waals surface area contributed by atoms with Crippen LogP contribution in [0.5, 0.6) is 0 Å². The summed E-state index contributed by atoms with van der Waals surface area (Å²) in [5.41, 5.74) is 2.07. The molecule has 9 aliphatic heterocycles. The SMILES string of the molecule is C=C1C(C)CC2CC[C@@H]3OC(CC[C@@]4(O)CC5C[C@@H]6OC7CCC(CC(=O)OC8[C@@H](C)C9OC(CCO)C(O)CC9O[C@H]8CC1O2)OC7C(O4)C6O5)CC3=C. The van der Waals surface area contributed by atoms with Crippen LogP contribution >= 0.6 is 0 Å². The molecule has 55 heavy (non-hydrogen) atoms. The van der Waals surface area contributed by atoms with Gasteiger partial charge in [-0.3, -0.25) is 4.79 Å². The molecule has 0 amide bonds. The molecule has 10 bridgehead atoms. The van der Waals surface area contributed by atoms with Crippen molar-refractivity contribution >= 4 is 5.97 Å². The third-order valence-corrected chi connectivity index (χ3v) is 14.4. The maximum absolute atomic E-state index is 14.0. The second-order valence-corrected chi connectivity index (χ2v) is 18.3. The van der Waals surface area contributed by atoms with Crippen LogP contribution in [0, 0.1) is 11.8 Å². The molecule has 20 atom stereocenters. The van der Waals surface area contributed by atoms with Crippen molar-refractivity contribution in [1.82, 2.24) is 0 Å². The fraction of sp³-hybridized carbons (Fsp3) is 0.881. The van der Waals surface area contributed by atoms with Crippen molar-refractivity contribution in [3.05, 3.63) is 24.3 Å². The minimum absolute atomic E-state index is 0.0216. The first kappa shape index (κ1) is 39.0. The number of fused-ring (bicyclic) bond motifs is 9. The summed E-state index contributed by atoms with van der Waals surface area (Å²) in [6.07, 6.45) is 1.48. The molecule has 15 unspecified atom stereocenters. The number of carbonyl (C=O) groups is 1. The average Bonchev–Trinajstić information content (AvgIpc) is 3.67. The average molecular weight is 775 g/mol. The van der Waals surface area contributed by atoms with Crippen LogP contribution < -0.4 is 0 Å². The van der Waals surface area contributed by atoms with Gasteiger partial charge in [-0.1, -0.05) is 27.0 Å². The summed E-state index contributed by atoms with van der Waals surface area (Å²) in [7, 11) is 0. The fourth-order valence-electron chi connectivity index (χ4n) is 11.4. The van der Waals surface area contributed by atoms with Gasteiger partial charge in [-0.05, 0) is 68.4 Å². The first-order chi connectivity index (χ1) is 26.4. The first-order valence-electron chi connectivity index (χ1n) is 21.3. The fourth-order valence-corrected chi connectivity index (χ4v) is 11.4. The molecular formula is C42H62O13. The monoisotopic (exact) mass is 774 g/mol. The molecule has 9 aliphatic rings. The Balaban J connectivity index is 0.993. The maximum Gasteiger partial charge on any atom is 0.308 e. The molecule has 0 aromatic carbocycles. The molecule has 0 aromatic rings. The second-order valence-electron chi connectivity index (χ2n) is 18.3. The minimum atomic E-state index is -1.41. The van der Waals surface area contributed by atoms with Gasteiger partial charge in [0, 0.05) is 44.6 Å². The van der Waals surface area contributed by atoms with E-state index in [2.05, 4.69) is 20.1 Å². The Labute approximate surface area is 324 Å². The zero-order chi connectivity index (χ0) is 38.2. The normalized spacial score (nSPS) is 53.0. The third kappa shape index (κ3) is 7.75. The Hall–Kier alpha value is -1.49. The van der Waals surface area contributed by atoms with E-state index in [1.54, 1.807) is 0 Å². The molecule has 0 radical (unpaired) electrons. The Morgan fingerprint density at radius 2 is 1.40 bits per heavy atom. The van der Waals surface area contributed by atoms with Crippen molar-refractivity contribution in [2.24, 2.45) is 11.8 Å². The van der Waals surface area contributed by atoms with Crippen LogP contribution in [0.25, 0.3) is 0 Å². The van der Waals surface area contributed by atoms with Crippen LogP contribution in [0.15, 0.2) is 24.3 Å². The lowest BCUT2D eigenvalue weighted by Gasteiger charge is -2.51. The lowest BCUT2D eigenvalue weighted by Crippen LogP contribution is -2.62. The van der Waals surface area contributed by atoms with Crippen molar-refractivity contribution in [2.75, 3.05) is 6.61 Å². The van der Waals surface area contributed by atoms with E-state index in [-0.39, 0.29) is 73.7 Å². The van der Waals surface area contributed by atoms with Crippen LogP contribution in [-0.4, -0.2) is 137 Å². The van der Waals surface area contributed by atoms with E-state index >= 15 is 0 Å². The molecule has 13 nitrogen and oxygen atoms in total. The van der Waals surface area contributed by atoms with Crippen molar-refractivity contribution in [2.45, 2.75) is 213 Å². The summed E-state index contributed by atoms with van der Waals surface area (Å²) in [6, 6.07) is 0. The molecule has 9 rings (SSSR count). The van der Waals surface area contributed by atoms with Gasteiger partial charge in [-0.15, -0.1) is 0 Å². The van der Waals surface area contributed by atoms with Gasteiger partial charge in [0.2, 0.25) is 0 Å². The van der Waals surface area contributed by atoms with E-state index < -0.39 is 66.7 Å². The molecule has 9 fully saturated rings. The van der Waals surface area contributed by atoms with Gasteiger partial charge in [-0.25, -0.2) is 0 Å². The van der Waals surface area contributed by atoms with E-state index in [9.17, 15) is 20.1 Å². The molecule has 0 aliphatic carbocycles. The predicted octanol–water partition coefficient (Wildman–Crippen LogP) is 3.57. The summed E-state index contributed by atoms with van der Waals surface area (Å²) in [5, 5.41) is 32.6. The lowest BCUT2D eigenvalue weighted by molar-refractivity contribution is -0.315. The summed E-state index contributed by atoms with van der Waals surface area (Å²) in [5.74, 6) is -1.85. The summed E-state index contributed by atoms with van der Waals surface area (Å²) in [6.45, 7) is 12.9. The van der Waals surface area contributed by atoms with Gasteiger partial charge < -0.3 is 58.0 Å². The maximum atomic E-state index is 14.0. The highest BCUT2D eigenvalue weighted by Gasteiger charge is 2.59. The van der Waals surface area contributed by atoms with Crippen molar-refractivity contribution < 1.29 is 62.7 Å². The Bertz CT molecular complexity index is 1440. The Kier molecular flexibility index (Phi) is 11.1. The highest BCUT2D eigenvalue weighted by atomic mass is 16.7. The van der Waals surface area contributed by atoms with Crippen LogP contribution in [0.3, 0.4) is 0 Å². The molecule has 9 saturated heterocycles. The number of aliphatic hydroxyl groups excluding tert-OH is 2. The molecule has 13 heteroatoms. The highest BCUT2D eigenvalue weighted by molar-refractivity contribution is 5.70. The summed E-state index contributed by atoms with van der Waals surface area (Å²) < 4.78 is 59.3. The number of aliphatic hydroxyl groups is 3. The number of ether oxygens (including phenoxy) is 9. The van der Waals surface area contributed by atoms with Gasteiger partial charge >= 0.3 is 5.97 Å². The number of hydrogen-bond donors (Lipinski definition) is 3. The molecule has 0 saturated carbocycles. The number of hydrogen-bond acceptors (Lipinski definition) is 13. The molecule has 0 spiro atoms. The number of carbonyl (C=O) groups excluding carboxylic acids is 1. The zero-order valence-electron chi connectivity index (χ0n) is 32.4. The third-order valence-electron chi connectivity index (χ3n) is 14.4. The topological polar surface area (TPSA) is 161 Å². The van der Waals surface area contributed by atoms with E-state index in [0.29, 0.717) is 57.8 Å². The molecular weight excluding hydrogens is 712 g/mol. The summed E-state index contributed by atoms with van der Waals surface area (Å²) in [4.78, 5) is 14.0. The lowest BCUT2D eigenvalue weighted by atomic mass is 9.79. The van der Waals surface area contributed by atoms with Gasteiger partial charge in [-0.2, -0.15) is 0 Å². The zero-order valence-corrected chi connectivity index (χ0v) is 32.4. The van der Waals surface area contributed by atoms with Gasteiger partial charge in [0.1, 0.15) is 24.4 Å². The standard InChI is InChI=1S/C42H62O13/c1-20-13-24-5-7-29-21(2)14-26(47-29)9-11-42(46)19-27-15-33-40(50-27)41(55-42)39-31(51-33)8-6-25(49-39)16-36(45)54-38-23(4)37-34(17-28(44)30(53-37)10-12-43)52-35(38)18-32(48-24)22(20)3/h20,23-35,37-41,43-44,46H,2-3,5-19H2,1,4H3/t20?,23-,24?,25?,26?,27?,28?,29-,30?,31?,32?,33-,34?,35-,37?,38?,39?,40?,41?,42-/m0/s1. The molecule has 308 valence electrons. The van der Waals surface area contributed by atoms with Crippen LogP contribution in [0.4, 0.5) is 0 Å². The molecule has 3 N–H and O–H groups in total. The van der Waals surface area contributed by atoms with Crippen LogP contribution in [-0.2, 0) is 47.4 Å². The van der Waals surface area contributed by atoms with Crippen molar-refractivity contribution in [1.29, 1.82) is 0 Å². The first-order valence-corrected chi connectivity index (χ1v) is 21.3. The van der Waals surface area contributed by atoms with Crippen molar-refractivity contribution in [3.63, 3.8) is 0 Å². The number of esters is 1. The Morgan fingerprint density at radius 3 is 2.24 bits per heavy atom.